The van der Waals surface area contributed by atoms with Gasteiger partial charge in [-0.2, -0.15) is 4.98 Å². The second-order valence-electron chi connectivity index (χ2n) is 7.17. The van der Waals surface area contributed by atoms with Gasteiger partial charge in [0.25, 0.3) is 5.56 Å². The minimum atomic E-state index is -0.331. The summed E-state index contributed by atoms with van der Waals surface area (Å²) in [7, 11) is 0. The Bertz CT molecular complexity index is 1200. The molecule has 1 fully saturated rings. The van der Waals surface area contributed by atoms with Crippen LogP contribution in [0.1, 0.15) is 36.9 Å². The maximum absolute atomic E-state index is 13.4. The molecule has 0 amide bonds. The molecule has 0 radical (unpaired) electrons. The maximum Gasteiger partial charge on any atom is 0.257 e. The van der Waals surface area contributed by atoms with Crippen molar-refractivity contribution in [2.45, 2.75) is 31.7 Å². The number of rotatable bonds is 5. The van der Waals surface area contributed by atoms with Crippen molar-refractivity contribution in [2.24, 2.45) is 0 Å². The molecular formula is C21H18FN5O2. The molecule has 5 rings (SSSR count). The van der Waals surface area contributed by atoms with Gasteiger partial charge in [0.15, 0.2) is 5.82 Å². The van der Waals surface area contributed by atoms with Crippen LogP contribution in [0.2, 0.25) is 0 Å². The number of hydrogen-bond donors (Lipinski definition) is 1. The molecule has 0 saturated heterocycles. The van der Waals surface area contributed by atoms with Crippen LogP contribution in [0.3, 0.4) is 0 Å². The van der Waals surface area contributed by atoms with Gasteiger partial charge in [0.2, 0.25) is 5.89 Å². The van der Waals surface area contributed by atoms with E-state index in [0.29, 0.717) is 46.7 Å². The Hall–Kier alpha value is -3.55. The molecule has 1 aliphatic rings. The molecule has 4 aromatic rings. The van der Waals surface area contributed by atoms with Gasteiger partial charge in [-0.15, -0.1) is 0 Å². The Balaban J connectivity index is 1.58. The summed E-state index contributed by atoms with van der Waals surface area (Å²) >= 11 is 0. The smallest absolute Gasteiger partial charge is 0.257 e. The summed E-state index contributed by atoms with van der Waals surface area (Å²) < 4.78 is 20.6. The maximum atomic E-state index is 13.4. The first kappa shape index (κ1) is 17.5. The van der Waals surface area contributed by atoms with Crippen molar-refractivity contribution >= 4 is 0 Å². The van der Waals surface area contributed by atoms with E-state index in [9.17, 15) is 9.18 Å². The third-order valence-corrected chi connectivity index (χ3v) is 5.28. The van der Waals surface area contributed by atoms with Crippen LogP contribution >= 0.6 is 0 Å². The van der Waals surface area contributed by atoms with E-state index in [1.165, 1.54) is 18.6 Å². The number of hydrogen-bond acceptors (Lipinski definition) is 5. The molecule has 0 atom stereocenters. The number of halogens is 1. The molecule has 3 heterocycles. The predicted molar refractivity (Wildman–Crippen MR) is 104 cm³/mol. The summed E-state index contributed by atoms with van der Waals surface area (Å²) in [5.74, 6) is 1.22. The highest BCUT2D eigenvalue weighted by atomic mass is 19.1. The largest absolute Gasteiger partial charge is 0.339 e. The summed E-state index contributed by atoms with van der Waals surface area (Å²) in [6.07, 6.45) is 6.55. The van der Waals surface area contributed by atoms with Crippen molar-refractivity contribution in [1.82, 2.24) is 24.7 Å². The summed E-state index contributed by atoms with van der Waals surface area (Å²) in [6.45, 7) is 0.314. The number of nitrogens with zero attached hydrogens (tertiary/aromatic N) is 4. The molecule has 1 N–H and O–H groups in total. The first-order chi connectivity index (χ1) is 14.2. The molecule has 0 aliphatic heterocycles. The monoisotopic (exact) mass is 391 g/mol. The SMILES string of the molecule is O=c1[nH]cccc1-c1c(-c2ccc(F)cc2)ncn1Cc1noc(C2CCC2)n1. The van der Waals surface area contributed by atoms with E-state index in [1.807, 2.05) is 4.57 Å². The molecule has 146 valence electrons. The van der Waals surface area contributed by atoms with Crippen LogP contribution < -0.4 is 5.56 Å². The van der Waals surface area contributed by atoms with E-state index in [1.54, 1.807) is 36.8 Å². The van der Waals surface area contributed by atoms with Crippen molar-refractivity contribution in [1.29, 1.82) is 0 Å². The molecule has 1 aromatic carbocycles. The fraction of sp³-hybridized carbons (Fsp3) is 0.238. The molecule has 3 aromatic heterocycles. The molecule has 1 aliphatic carbocycles. The third-order valence-electron chi connectivity index (χ3n) is 5.28. The fourth-order valence-electron chi connectivity index (χ4n) is 3.52. The summed E-state index contributed by atoms with van der Waals surface area (Å²) in [6, 6.07) is 9.52. The quantitative estimate of drug-likeness (QED) is 0.560. The Kier molecular flexibility index (Phi) is 4.31. The minimum absolute atomic E-state index is 0.235. The standard InChI is InChI=1S/C21H18FN5O2/c22-15-8-6-13(7-9-15)18-19(16-5-2-10-23-20(16)28)27(12-24-18)11-17-25-21(29-26-17)14-3-1-4-14/h2,5-10,12,14H,1,3-4,11H2,(H,23,28). The highest BCUT2D eigenvalue weighted by Crippen LogP contribution is 2.35. The predicted octanol–water partition coefficient (Wildman–Crippen LogP) is 3.74. The Morgan fingerprint density at radius 3 is 2.76 bits per heavy atom. The van der Waals surface area contributed by atoms with E-state index in [4.69, 9.17) is 4.52 Å². The second kappa shape index (κ2) is 7.12. The molecule has 0 bridgehead atoms. The van der Waals surface area contributed by atoms with Crippen molar-refractivity contribution in [2.75, 3.05) is 0 Å². The topological polar surface area (TPSA) is 89.6 Å². The van der Waals surface area contributed by atoms with Gasteiger partial charge in [-0.1, -0.05) is 11.6 Å². The zero-order valence-electron chi connectivity index (χ0n) is 15.5. The van der Waals surface area contributed by atoms with Crippen molar-refractivity contribution in [3.63, 3.8) is 0 Å². The fourth-order valence-corrected chi connectivity index (χ4v) is 3.52. The van der Waals surface area contributed by atoms with Crippen molar-refractivity contribution in [3.8, 4) is 22.5 Å². The van der Waals surface area contributed by atoms with Crippen LogP contribution in [0.25, 0.3) is 22.5 Å². The van der Waals surface area contributed by atoms with Crippen LogP contribution in [0, 0.1) is 5.82 Å². The van der Waals surface area contributed by atoms with Crippen molar-refractivity contribution in [3.05, 3.63) is 76.8 Å². The van der Waals surface area contributed by atoms with Crippen molar-refractivity contribution < 1.29 is 8.91 Å². The highest BCUT2D eigenvalue weighted by Gasteiger charge is 2.26. The minimum Gasteiger partial charge on any atom is -0.339 e. The second-order valence-corrected chi connectivity index (χ2v) is 7.17. The van der Waals surface area contributed by atoms with Crippen LogP contribution in [0.4, 0.5) is 4.39 Å². The van der Waals surface area contributed by atoms with Crippen LogP contribution in [-0.4, -0.2) is 24.7 Å². The lowest BCUT2D eigenvalue weighted by Gasteiger charge is -2.20. The average molecular weight is 391 g/mol. The Morgan fingerprint density at radius 1 is 1.21 bits per heavy atom. The number of aromatic amines is 1. The van der Waals surface area contributed by atoms with Gasteiger partial charge in [0.05, 0.1) is 29.8 Å². The lowest BCUT2D eigenvalue weighted by molar-refractivity contribution is 0.291. The zero-order chi connectivity index (χ0) is 19.8. The Morgan fingerprint density at radius 2 is 2.03 bits per heavy atom. The van der Waals surface area contributed by atoms with E-state index in [-0.39, 0.29) is 11.4 Å². The summed E-state index contributed by atoms with van der Waals surface area (Å²) in [5.41, 5.74) is 2.15. The van der Waals surface area contributed by atoms with E-state index in [0.717, 1.165) is 12.8 Å². The lowest BCUT2D eigenvalue weighted by atomic mass is 9.85. The molecule has 8 heteroatoms. The van der Waals surface area contributed by atoms with Gasteiger partial charge in [-0.25, -0.2) is 9.37 Å². The van der Waals surface area contributed by atoms with Crippen LogP contribution in [0.15, 0.2) is 58.2 Å². The molecule has 0 unspecified atom stereocenters. The van der Waals surface area contributed by atoms with Gasteiger partial charge < -0.3 is 14.1 Å². The summed E-state index contributed by atoms with van der Waals surface area (Å²) in [4.78, 5) is 24.2. The van der Waals surface area contributed by atoms with Gasteiger partial charge in [-0.05, 0) is 49.2 Å². The molecule has 7 nitrogen and oxygen atoms in total. The van der Waals surface area contributed by atoms with E-state index < -0.39 is 0 Å². The van der Waals surface area contributed by atoms with E-state index in [2.05, 4.69) is 20.1 Å². The van der Waals surface area contributed by atoms with E-state index >= 15 is 0 Å². The number of pyridine rings is 1. The first-order valence-corrected chi connectivity index (χ1v) is 9.50. The first-order valence-electron chi connectivity index (χ1n) is 9.50. The van der Waals surface area contributed by atoms with Crippen LogP contribution in [-0.2, 0) is 6.54 Å². The molecular weight excluding hydrogens is 373 g/mol. The number of nitrogens with one attached hydrogen (secondary N) is 1. The zero-order valence-corrected chi connectivity index (χ0v) is 15.5. The van der Waals surface area contributed by atoms with Gasteiger partial charge >= 0.3 is 0 Å². The molecule has 1 saturated carbocycles. The number of aromatic nitrogens is 5. The lowest BCUT2D eigenvalue weighted by Crippen LogP contribution is -2.12. The third kappa shape index (κ3) is 3.26. The Labute approximate surface area is 165 Å². The van der Waals surface area contributed by atoms with Gasteiger partial charge in [0.1, 0.15) is 5.82 Å². The van der Waals surface area contributed by atoms with Gasteiger partial charge in [-0.3, -0.25) is 4.79 Å². The van der Waals surface area contributed by atoms with Gasteiger partial charge in [0, 0.05) is 17.7 Å². The normalized spacial score (nSPS) is 14.1. The number of imidazole rings is 1. The number of benzene rings is 1. The number of H-pyrrole nitrogens is 1. The van der Waals surface area contributed by atoms with Crippen LogP contribution in [0.5, 0.6) is 0 Å². The average Bonchev–Trinajstić information content (AvgIpc) is 3.29. The molecule has 0 spiro atoms. The summed E-state index contributed by atoms with van der Waals surface area (Å²) in [5, 5.41) is 4.09. The highest BCUT2D eigenvalue weighted by molar-refractivity contribution is 5.78. The molecule has 29 heavy (non-hydrogen) atoms.